The summed E-state index contributed by atoms with van der Waals surface area (Å²) in [6, 6.07) is 17.8. The molecule has 0 amide bonds. The minimum absolute atomic E-state index is 0.161. The lowest BCUT2D eigenvalue weighted by Crippen LogP contribution is -2.41. The maximum absolute atomic E-state index is 6.00. The van der Waals surface area contributed by atoms with E-state index < -0.39 is 0 Å². The van der Waals surface area contributed by atoms with Crippen LogP contribution in [0.4, 0.5) is 0 Å². The summed E-state index contributed by atoms with van der Waals surface area (Å²) < 4.78 is 23.6. The van der Waals surface area contributed by atoms with Crippen LogP contribution in [-0.2, 0) is 34.4 Å². The highest BCUT2D eigenvalue weighted by Gasteiger charge is 2.15. The van der Waals surface area contributed by atoms with Gasteiger partial charge in [-0.25, -0.2) is 0 Å². The molecule has 6 nitrogen and oxygen atoms in total. The number of pyridine rings is 3. The molecule has 27 heavy (non-hydrogen) atoms. The standard InChI is InChI=1S/C21H26N3O3/c1-4-10-22(11-5-1)18-25-16-21(27-20-24-14-8-3-9-15-24)17-26-19-23-12-6-2-7-13-23/h1-15,21H,16-20H2/q+3. The second-order valence-corrected chi connectivity index (χ2v) is 6.09. The molecular weight excluding hydrogens is 342 g/mol. The summed E-state index contributed by atoms with van der Waals surface area (Å²) in [4.78, 5) is 0. The molecule has 0 aliphatic rings. The smallest absolute Gasteiger partial charge is 0.253 e. The van der Waals surface area contributed by atoms with E-state index in [1.807, 2.05) is 105 Å². The summed E-state index contributed by atoms with van der Waals surface area (Å²) >= 11 is 0. The van der Waals surface area contributed by atoms with E-state index in [2.05, 4.69) is 0 Å². The number of hydrogen-bond donors (Lipinski definition) is 0. The number of rotatable bonds is 11. The Bertz CT molecular complexity index is 712. The highest BCUT2D eigenvalue weighted by molar-refractivity contribution is 4.84. The molecule has 0 N–H and O–H groups in total. The summed E-state index contributed by atoms with van der Waals surface area (Å²) in [5.74, 6) is 0. The molecule has 0 bridgehead atoms. The van der Waals surface area contributed by atoms with Gasteiger partial charge in [-0.1, -0.05) is 18.2 Å². The zero-order valence-corrected chi connectivity index (χ0v) is 15.3. The van der Waals surface area contributed by atoms with E-state index in [1.165, 1.54) is 0 Å². The maximum Gasteiger partial charge on any atom is 0.253 e. The predicted molar refractivity (Wildman–Crippen MR) is 96.7 cm³/mol. The first-order chi connectivity index (χ1) is 13.4. The minimum Gasteiger partial charge on any atom is -0.320 e. The van der Waals surface area contributed by atoms with Crippen LogP contribution < -0.4 is 13.7 Å². The fourth-order valence-electron chi connectivity index (χ4n) is 2.48. The van der Waals surface area contributed by atoms with Gasteiger partial charge < -0.3 is 14.2 Å². The van der Waals surface area contributed by atoms with Crippen LogP contribution in [-0.4, -0.2) is 19.3 Å². The van der Waals surface area contributed by atoms with Crippen LogP contribution in [0.15, 0.2) is 91.8 Å². The topological polar surface area (TPSA) is 39.3 Å². The van der Waals surface area contributed by atoms with Gasteiger partial charge in [0.1, 0.15) is 6.10 Å². The highest BCUT2D eigenvalue weighted by atomic mass is 16.6. The number of nitrogens with zero attached hydrogens (tertiary/aromatic N) is 3. The van der Waals surface area contributed by atoms with Crippen LogP contribution in [0.2, 0.25) is 0 Å². The van der Waals surface area contributed by atoms with E-state index in [9.17, 15) is 0 Å². The van der Waals surface area contributed by atoms with E-state index >= 15 is 0 Å². The quantitative estimate of drug-likeness (QED) is 0.478. The molecule has 0 fully saturated rings. The molecule has 0 aliphatic carbocycles. The first-order valence-corrected chi connectivity index (χ1v) is 8.99. The average Bonchev–Trinajstić information content (AvgIpc) is 2.74. The van der Waals surface area contributed by atoms with Gasteiger partial charge in [0.2, 0.25) is 0 Å². The Morgan fingerprint density at radius 3 is 1.26 bits per heavy atom. The van der Waals surface area contributed by atoms with E-state index in [4.69, 9.17) is 14.2 Å². The molecule has 3 aromatic rings. The first kappa shape index (κ1) is 19.1. The summed E-state index contributed by atoms with van der Waals surface area (Å²) in [7, 11) is 0. The molecule has 0 radical (unpaired) electrons. The largest absolute Gasteiger partial charge is 0.320 e. The van der Waals surface area contributed by atoms with Crippen LogP contribution in [0.5, 0.6) is 0 Å². The first-order valence-electron chi connectivity index (χ1n) is 8.99. The summed E-state index contributed by atoms with van der Waals surface area (Å²) in [5.41, 5.74) is 0. The van der Waals surface area contributed by atoms with Crippen LogP contribution >= 0.6 is 0 Å². The Balaban J connectivity index is 1.47. The van der Waals surface area contributed by atoms with Gasteiger partial charge in [-0.3, -0.25) is 0 Å². The van der Waals surface area contributed by atoms with Crippen molar-refractivity contribution in [1.82, 2.24) is 0 Å². The molecule has 3 aromatic heterocycles. The van der Waals surface area contributed by atoms with Gasteiger partial charge in [0.25, 0.3) is 20.2 Å². The van der Waals surface area contributed by atoms with Crippen LogP contribution in [0, 0.1) is 0 Å². The monoisotopic (exact) mass is 368 g/mol. The van der Waals surface area contributed by atoms with Gasteiger partial charge in [-0.05, 0) is 0 Å². The highest BCUT2D eigenvalue weighted by Crippen LogP contribution is 1.97. The minimum atomic E-state index is -0.161. The molecule has 140 valence electrons. The lowest BCUT2D eigenvalue weighted by Gasteiger charge is -2.15. The van der Waals surface area contributed by atoms with E-state index in [0.29, 0.717) is 33.4 Å². The van der Waals surface area contributed by atoms with E-state index in [1.54, 1.807) is 0 Å². The molecule has 0 atom stereocenters. The second-order valence-electron chi connectivity index (χ2n) is 6.09. The van der Waals surface area contributed by atoms with Gasteiger partial charge in [0, 0.05) is 36.4 Å². The van der Waals surface area contributed by atoms with Crippen molar-refractivity contribution in [2.45, 2.75) is 26.3 Å². The van der Waals surface area contributed by atoms with Crippen molar-refractivity contribution in [3.63, 3.8) is 0 Å². The molecule has 6 heteroatoms. The third-order valence-corrected chi connectivity index (χ3v) is 3.88. The predicted octanol–water partition coefficient (Wildman–Crippen LogP) is 1.24. The lowest BCUT2D eigenvalue weighted by molar-refractivity contribution is -0.742. The number of ether oxygens (including phenoxy) is 3. The van der Waals surface area contributed by atoms with Gasteiger partial charge in [-0.15, -0.1) is 0 Å². The average molecular weight is 368 g/mol. The molecule has 0 unspecified atom stereocenters. The van der Waals surface area contributed by atoms with Crippen molar-refractivity contribution < 1.29 is 27.9 Å². The molecule has 0 aliphatic heterocycles. The summed E-state index contributed by atoms with van der Waals surface area (Å²) in [6.45, 7) is 2.32. The van der Waals surface area contributed by atoms with Gasteiger partial charge in [-0.2, -0.15) is 13.7 Å². The van der Waals surface area contributed by atoms with Crippen LogP contribution in [0.25, 0.3) is 0 Å². The van der Waals surface area contributed by atoms with Crippen molar-refractivity contribution in [2.75, 3.05) is 13.2 Å². The summed E-state index contributed by atoms with van der Waals surface area (Å²) in [6.07, 6.45) is 11.7. The third kappa shape index (κ3) is 7.22. The van der Waals surface area contributed by atoms with Gasteiger partial charge in [0.05, 0.1) is 13.2 Å². The van der Waals surface area contributed by atoms with Crippen molar-refractivity contribution in [3.8, 4) is 0 Å². The Morgan fingerprint density at radius 2 is 0.852 bits per heavy atom. The maximum atomic E-state index is 6.00. The molecule has 3 heterocycles. The van der Waals surface area contributed by atoms with Crippen molar-refractivity contribution in [2.24, 2.45) is 0 Å². The Morgan fingerprint density at radius 1 is 0.481 bits per heavy atom. The van der Waals surface area contributed by atoms with E-state index in [-0.39, 0.29) is 6.10 Å². The Labute approximate surface area is 159 Å². The zero-order valence-electron chi connectivity index (χ0n) is 15.3. The third-order valence-electron chi connectivity index (χ3n) is 3.88. The second kappa shape index (κ2) is 11.1. The number of aromatic nitrogens is 3. The SMILES string of the molecule is c1cc[n+](COCC(COC[n+]2ccccc2)OC[n+]2ccccc2)cc1. The van der Waals surface area contributed by atoms with Crippen LogP contribution in [0.3, 0.4) is 0 Å². The van der Waals surface area contributed by atoms with Gasteiger partial charge >= 0.3 is 0 Å². The number of hydrogen-bond acceptors (Lipinski definition) is 3. The molecule has 0 saturated heterocycles. The lowest BCUT2D eigenvalue weighted by atomic mass is 10.4. The fraction of sp³-hybridized carbons (Fsp3) is 0.286. The molecule has 0 spiro atoms. The van der Waals surface area contributed by atoms with Crippen molar-refractivity contribution in [3.05, 3.63) is 91.8 Å². The van der Waals surface area contributed by atoms with E-state index in [0.717, 1.165) is 0 Å². The normalized spacial score (nSPS) is 11.0. The Hall–Kier alpha value is -2.67. The Kier molecular flexibility index (Phi) is 7.87. The summed E-state index contributed by atoms with van der Waals surface area (Å²) in [5, 5.41) is 0. The molecular formula is C21H26N3O3+3. The van der Waals surface area contributed by atoms with Gasteiger partial charge in [0.15, 0.2) is 37.2 Å². The van der Waals surface area contributed by atoms with Crippen LogP contribution in [0.1, 0.15) is 0 Å². The van der Waals surface area contributed by atoms with Crippen molar-refractivity contribution in [1.29, 1.82) is 0 Å². The van der Waals surface area contributed by atoms with Crippen molar-refractivity contribution >= 4 is 0 Å². The zero-order chi connectivity index (χ0) is 18.6. The molecule has 0 aromatic carbocycles. The fourth-order valence-corrected chi connectivity index (χ4v) is 2.48. The molecule has 0 saturated carbocycles. The molecule has 3 rings (SSSR count).